The number of ether oxygens (including phenoxy) is 2. The lowest BCUT2D eigenvalue weighted by atomic mass is 9.94. The first kappa shape index (κ1) is 22.4. The van der Waals surface area contributed by atoms with Gasteiger partial charge in [0.25, 0.3) is 0 Å². The summed E-state index contributed by atoms with van der Waals surface area (Å²) < 4.78 is 11.1. The maximum absolute atomic E-state index is 13.0. The van der Waals surface area contributed by atoms with Crippen LogP contribution in [0.5, 0.6) is 0 Å². The number of nitrogens with zero attached hydrogens (tertiary/aromatic N) is 1. The van der Waals surface area contributed by atoms with E-state index in [4.69, 9.17) is 14.6 Å². The van der Waals surface area contributed by atoms with Crippen molar-refractivity contribution in [1.29, 1.82) is 0 Å². The number of alkyl carbamates (subject to hydrolysis) is 1. The van der Waals surface area contributed by atoms with Gasteiger partial charge in [-0.1, -0.05) is 48.5 Å². The van der Waals surface area contributed by atoms with Crippen molar-refractivity contribution in [2.75, 3.05) is 32.9 Å². The number of carboxylic acid groups (broad SMARTS) is 1. The van der Waals surface area contributed by atoms with E-state index in [2.05, 4.69) is 29.6 Å². The maximum Gasteiger partial charge on any atom is 0.407 e. The Morgan fingerprint density at radius 1 is 0.971 bits per heavy atom. The third-order valence-corrected chi connectivity index (χ3v) is 7.20. The molecule has 2 aromatic rings. The Morgan fingerprint density at radius 2 is 1.59 bits per heavy atom. The molecule has 2 aliphatic heterocycles. The van der Waals surface area contributed by atoms with E-state index in [1.165, 1.54) is 0 Å². The molecule has 1 aliphatic carbocycles. The normalized spacial score (nSPS) is 22.2. The molecular weight excluding hydrogens is 436 g/mol. The van der Waals surface area contributed by atoms with E-state index in [-0.39, 0.29) is 31.6 Å². The number of carboxylic acids is 1. The number of benzene rings is 2. The summed E-state index contributed by atoms with van der Waals surface area (Å²) in [4.78, 5) is 38.5. The molecule has 0 aromatic heterocycles. The summed E-state index contributed by atoms with van der Waals surface area (Å²) in [5.41, 5.74) is 4.60. The van der Waals surface area contributed by atoms with Gasteiger partial charge in [0.15, 0.2) is 0 Å². The Hall–Kier alpha value is -3.39. The Morgan fingerprint density at radius 3 is 2.21 bits per heavy atom. The van der Waals surface area contributed by atoms with Crippen LogP contribution in [0.1, 0.15) is 29.9 Å². The van der Waals surface area contributed by atoms with Gasteiger partial charge in [0.05, 0.1) is 31.1 Å². The standard InChI is InChI=1S/C26H28N2O6/c29-24(28-11-9-16(10-12-28)25(30)31)22-13-33-15-23(22)27-26(32)34-14-21-19-7-3-1-5-17(19)18-6-2-4-8-20(18)21/h1-8,16,21-23H,9-15H2,(H,27,32)(H,30,31). The van der Waals surface area contributed by atoms with Crippen LogP contribution in [0.3, 0.4) is 0 Å². The first-order valence-corrected chi connectivity index (χ1v) is 11.7. The minimum atomic E-state index is -0.814. The van der Waals surface area contributed by atoms with Gasteiger partial charge in [-0.2, -0.15) is 0 Å². The lowest BCUT2D eigenvalue weighted by Gasteiger charge is -2.33. The van der Waals surface area contributed by atoms with Gasteiger partial charge in [0, 0.05) is 19.0 Å². The van der Waals surface area contributed by atoms with Gasteiger partial charge in [-0.25, -0.2) is 4.79 Å². The summed E-state index contributed by atoms with van der Waals surface area (Å²) in [6.45, 7) is 1.49. The lowest BCUT2D eigenvalue weighted by molar-refractivity contribution is -0.146. The molecule has 5 rings (SSSR count). The summed E-state index contributed by atoms with van der Waals surface area (Å²) in [5.74, 6) is -1.86. The monoisotopic (exact) mass is 464 g/mol. The molecule has 2 fully saturated rings. The lowest BCUT2D eigenvalue weighted by Crippen LogP contribution is -2.50. The maximum atomic E-state index is 13.0. The van der Waals surface area contributed by atoms with Crippen molar-refractivity contribution in [3.63, 3.8) is 0 Å². The largest absolute Gasteiger partial charge is 0.481 e. The number of carbonyl (C=O) groups is 3. The molecule has 3 aliphatic rings. The van der Waals surface area contributed by atoms with Gasteiger partial charge >= 0.3 is 12.1 Å². The number of rotatable bonds is 5. The highest BCUT2D eigenvalue weighted by Crippen LogP contribution is 2.44. The van der Waals surface area contributed by atoms with Gasteiger partial charge in [0.1, 0.15) is 6.61 Å². The van der Waals surface area contributed by atoms with Gasteiger partial charge in [-0.15, -0.1) is 0 Å². The third-order valence-electron chi connectivity index (χ3n) is 7.20. The van der Waals surface area contributed by atoms with Crippen LogP contribution in [0.25, 0.3) is 11.1 Å². The predicted molar refractivity (Wildman–Crippen MR) is 123 cm³/mol. The Labute approximate surface area is 197 Å². The quantitative estimate of drug-likeness (QED) is 0.705. The number of hydrogen-bond acceptors (Lipinski definition) is 5. The van der Waals surface area contributed by atoms with Crippen LogP contribution in [0.4, 0.5) is 4.79 Å². The van der Waals surface area contributed by atoms with Gasteiger partial charge in [-0.3, -0.25) is 9.59 Å². The molecule has 2 saturated heterocycles. The second kappa shape index (κ2) is 9.46. The molecule has 0 saturated carbocycles. The minimum absolute atomic E-state index is 0.0362. The number of likely N-dealkylation sites (tertiary alicyclic amines) is 1. The summed E-state index contributed by atoms with van der Waals surface area (Å²) in [6, 6.07) is 15.8. The smallest absolute Gasteiger partial charge is 0.407 e. The van der Waals surface area contributed by atoms with Crippen molar-refractivity contribution in [3.05, 3.63) is 59.7 Å². The molecule has 2 atom stereocenters. The number of piperidine rings is 1. The molecule has 2 N–H and O–H groups in total. The molecule has 2 unspecified atom stereocenters. The second-order valence-electron chi connectivity index (χ2n) is 9.16. The number of fused-ring (bicyclic) bond motifs is 3. The van der Waals surface area contributed by atoms with E-state index < -0.39 is 29.9 Å². The Balaban J connectivity index is 1.18. The van der Waals surface area contributed by atoms with Crippen LogP contribution >= 0.6 is 0 Å². The van der Waals surface area contributed by atoms with E-state index in [0.717, 1.165) is 22.3 Å². The summed E-state index contributed by atoms with van der Waals surface area (Å²) in [5, 5.41) is 12.0. The molecule has 34 heavy (non-hydrogen) atoms. The van der Waals surface area contributed by atoms with E-state index in [9.17, 15) is 14.4 Å². The van der Waals surface area contributed by atoms with Crippen LogP contribution in [-0.2, 0) is 19.1 Å². The van der Waals surface area contributed by atoms with E-state index in [1.54, 1.807) is 4.90 Å². The number of amides is 2. The Bertz CT molecular complexity index is 1050. The van der Waals surface area contributed by atoms with Crippen molar-refractivity contribution in [2.45, 2.75) is 24.8 Å². The molecule has 0 bridgehead atoms. The van der Waals surface area contributed by atoms with Crippen molar-refractivity contribution in [3.8, 4) is 11.1 Å². The summed E-state index contributed by atoms with van der Waals surface area (Å²) >= 11 is 0. The van der Waals surface area contributed by atoms with Crippen molar-refractivity contribution < 1.29 is 29.0 Å². The van der Waals surface area contributed by atoms with E-state index in [0.29, 0.717) is 25.9 Å². The fourth-order valence-corrected chi connectivity index (χ4v) is 5.31. The molecule has 2 amide bonds. The zero-order valence-corrected chi connectivity index (χ0v) is 18.8. The Kier molecular flexibility index (Phi) is 6.24. The number of carbonyl (C=O) groups excluding carboxylic acids is 2. The fraction of sp³-hybridized carbons (Fsp3) is 0.423. The van der Waals surface area contributed by atoms with Crippen molar-refractivity contribution in [2.24, 2.45) is 11.8 Å². The fourth-order valence-electron chi connectivity index (χ4n) is 5.31. The predicted octanol–water partition coefficient (Wildman–Crippen LogP) is 2.86. The number of nitrogens with one attached hydrogen (secondary N) is 1. The van der Waals surface area contributed by atoms with E-state index in [1.807, 2.05) is 24.3 Å². The van der Waals surface area contributed by atoms with Crippen LogP contribution in [0.15, 0.2) is 48.5 Å². The topological polar surface area (TPSA) is 105 Å². The highest BCUT2D eigenvalue weighted by Gasteiger charge is 2.39. The van der Waals surface area contributed by atoms with Crippen molar-refractivity contribution in [1.82, 2.24) is 10.2 Å². The highest BCUT2D eigenvalue weighted by atomic mass is 16.5. The van der Waals surface area contributed by atoms with Gasteiger partial charge < -0.3 is 24.8 Å². The second-order valence-corrected chi connectivity index (χ2v) is 9.16. The van der Waals surface area contributed by atoms with Crippen LogP contribution in [0, 0.1) is 11.8 Å². The number of aliphatic carboxylic acids is 1. The number of hydrogen-bond donors (Lipinski definition) is 2. The third kappa shape index (κ3) is 4.25. The summed E-state index contributed by atoms with van der Waals surface area (Å²) in [7, 11) is 0. The molecule has 2 aromatic carbocycles. The zero-order valence-electron chi connectivity index (χ0n) is 18.8. The van der Waals surface area contributed by atoms with Crippen LogP contribution in [0.2, 0.25) is 0 Å². The molecule has 8 heteroatoms. The molecule has 178 valence electrons. The summed E-state index contributed by atoms with van der Waals surface area (Å²) in [6.07, 6.45) is 0.317. The first-order chi connectivity index (χ1) is 16.5. The molecule has 2 heterocycles. The molecular formula is C26H28N2O6. The van der Waals surface area contributed by atoms with Crippen LogP contribution < -0.4 is 5.32 Å². The zero-order chi connectivity index (χ0) is 23.7. The molecule has 8 nitrogen and oxygen atoms in total. The molecule has 0 radical (unpaired) electrons. The van der Waals surface area contributed by atoms with Crippen molar-refractivity contribution >= 4 is 18.0 Å². The van der Waals surface area contributed by atoms with Crippen LogP contribution in [-0.4, -0.2) is 66.9 Å². The average Bonchev–Trinajstić information content (AvgIpc) is 3.45. The molecule has 0 spiro atoms. The van der Waals surface area contributed by atoms with Gasteiger partial charge in [-0.05, 0) is 35.1 Å². The minimum Gasteiger partial charge on any atom is -0.481 e. The first-order valence-electron chi connectivity index (χ1n) is 11.7. The SMILES string of the molecule is O=C(NC1COCC1C(=O)N1CCC(C(=O)O)CC1)OCC1c2ccccc2-c2ccccc21. The highest BCUT2D eigenvalue weighted by molar-refractivity contribution is 5.82. The average molecular weight is 465 g/mol. The van der Waals surface area contributed by atoms with Gasteiger partial charge in [0.2, 0.25) is 5.91 Å². The van der Waals surface area contributed by atoms with E-state index >= 15 is 0 Å².